The SMILES string of the molecule is CC#CCC(C/C=C\NC(=O)[C@@H](NC(=O)\C=C/C=C\C(C)=C\[C@H](C)[C@@H]1CC=C(OC)C(=O)O1)C(C)(C)C)OC(=O)n1ccnc1. The molecule has 0 fully saturated rings. The van der Waals surface area contributed by atoms with Crippen molar-refractivity contribution in [3.8, 4) is 11.8 Å². The molecule has 4 atom stereocenters. The zero-order valence-corrected chi connectivity index (χ0v) is 27.0. The van der Waals surface area contributed by atoms with Crippen molar-refractivity contribution < 1.29 is 33.4 Å². The van der Waals surface area contributed by atoms with E-state index in [9.17, 15) is 19.2 Å². The Morgan fingerprint density at radius 3 is 2.60 bits per heavy atom. The number of aromatic nitrogens is 2. The molecule has 45 heavy (non-hydrogen) atoms. The van der Waals surface area contributed by atoms with Gasteiger partial charge in [0, 0.05) is 43.7 Å². The van der Waals surface area contributed by atoms with Crippen molar-refractivity contribution in [3.63, 3.8) is 0 Å². The van der Waals surface area contributed by atoms with E-state index < -0.39 is 35.5 Å². The van der Waals surface area contributed by atoms with Gasteiger partial charge in [0.25, 0.3) is 0 Å². The number of allylic oxidation sites excluding steroid dienone is 4. The zero-order valence-electron chi connectivity index (χ0n) is 27.0. The van der Waals surface area contributed by atoms with Crippen LogP contribution in [0.3, 0.4) is 0 Å². The molecule has 242 valence electrons. The minimum Gasteiger partial charge on any atom is -0.490 e. The predicted octanol–water partition coefficient (Wildman–Crippen LogP) is 4.74. The summed E-state index contributed by atoms with van der Waals surface area (Å²) in [4.78, 5) is 53.7. The molecule has 2 amide bonds. The maximum absolute atomic E-state index is 13.0. The van der Waals surface area contributed by atoms with Gasteiger partial charge in [-0.05, 0) is 31.5 Å². The smallest absolute Gasteiger partial charge is 0.419 e. The number of amides is 2. The monoisotopic (exact) mass is 620 g/mol. The number of esters is 1. The Morgan fingerprint density at radius 2 is 1.98 bits per heavy atom. The van der Waals surface area contributed by atoms with Gasteiger partial charge in [0.1, 0.15) is 24.6 Å². The number of nitrogens with one attached hydrogen (secondary N) is 2. The molecule has 11 heteroatoms. The van der Waals surface area contributed by atoms with Gasteiger partial charge in [-0.1, -0.05) is 69.6 Å². The summed E-state index contributed by atoms with van der Waals surface area (Å²) in [6.07, 6.45) is 17.5. The third-order valence-electron chi connectivity index (χ3n) is 6.69. The summed E-state index contributed by atoms with van der Waals surface area (Å²) in [5.41, 5.74) is 0.359. The Morgan fingerprint density at radius 1 is 1.24 bits per heavy atom. The van der Waals surface area contributed by atoms with Crippen molar-refractivity contribution in [1.29, 1.82) is 0 Å². The lowest BCUT2D eigenvalue weighted by Crippen LogP contribution is -2.52. The standard InChI is InChI=1S/C34H44N4O7/c1-8-9-14-26(44-33(42)38-21-20-35-23-38)15-12-19-36-31(40)30(34(4,5)6)37-29(39)16-11-10-13-24(2)22-25(3)27-17-18-28(43-7)32(41)45-27/h10-13,16,18-23,25-27,30H,14-15,17H2,1-7H3,(H,36,40)(H,37,39)/b13-10-,16-11-,19-12-,24-22+/t25-,26?,27-,30+/m0/s1. The molecule has 2 N–H and O–H groups in total. The highest BCUT2D eigenvalue weighted by molar-refractivity contribution is 5.93. The first-order valence-electron chi connectivity index (χ1n) is 14.7. The second kappa shape index (κ2) is 18.1. The predicted molar refractivity (Wildman–Crippen MR) is 170 cm³/mol. The number of hydrogen-bond acceptors (Lipinski definition) is 8. The van der Waals surface area contributed by atoms with E-state index in [1.807, 2.05) is 46.8 Å². The average Bonchev–Trinajstić information content (AvgIpc) is 3.53. The van der Waals surface area contributed by atoms with Crippen LogP contribution in [0.15, 0.2) is 78.8 Å². The quantitative estimate of drug-likeness (QED) is 0.140. The van der Waals surface area contributed by atoms with E-state index in [4.69, 9.17) is 14.2 Å². The fraction of sp³-hybridized carbons (Fsp3) is 0.441. The van der Waals surface area contributed by atoms with Gasteiger partial charge in [0.05, 0.1) is 7.11 Å². The maximum Gasteiger partial charge on any atom is 0.419 e. The van der Waals surface area contributed by atoms with Crippen molar-refractivity contribution in [2.24, 2.45) is 11.3 Å². The first kappa shape index (κ1) is 36.3. The van der Waals surface area contributed by atoms with Gasteiger partial charge < -0.3 is 24.8 Å². The topological polar surface area (TPSA) is 138 Å². The minimum absolute atomic E-state index is 0.0195. The Balaban J connectivity index is 1.91. The van der Waals surface area contributed by atoms with E-state index in [1.54, 1.807) is 31.2 Å². The van der Waals surface area contributed by atoms with E-state index in [-0.39, 0.29) is 23.7 Å². The van der Waals surface area contributed by atoms with Gasteiger partial charge in [0.2, 0.25) is 11.8 Å². The fourth-order valence-electron chi connectivity index (χ4n) is 4.24. The van der Waals surface area contributed by atoms with Gasteiger partial charge in [-0.25, -0.2) is 19.1 Å². The van der Waals surface area contributed by atoms with E-state index in [1.165, 1.54) is 42.7 Å². The zero-order chi connectivity index (χ0) is 33.4. The molecule has 1 aromatic rings. The van der Waals surface area contributed by atoms with E-state index >= 15 is 0 Å². The van der Waals surface area contributed by atoms with Crippen molar-refractivity contribution in [2.75, 3.05) is 7.11 Å². The second-order valence-electron chi connectivity index (χ2n) is 11.5. The number of imidazole rings is 1. The van der Waals surface area contributed by atoms with Crippen LogP contribution in [0.1, 0.15) is 60.8 Å². The molecule has 2 heterocycles. The van der Waals surface area contributed by atoms with Crippen molar-refractivity contribution >= 4 is 23.9 Å². The van der Waals surface area contributed by atoms with Crippen LogP contribution in [0.4, 0.5) is 4.79 Å². The second-order valence-corrected chi connectivity index (χ2v) is 11.5. The Kier molecular flexibility index (Phi) is 14.6. The summed E-state index contributed by atoms with van der Waals surface area (Å²) < 4.78 is 17.2. The molecule has 0 radical (unpaired) electrons. The Bertz CT molecular complexity index is 1390. The molecule has 0 spiro atoms. The van der Waals surface area contributed by atoms with Crippen LogP contribution in [0.5, 0.6) is 0 Å². The van der Waals surface area contributed by atoms with Gasteiger partial charge >= 0.3 is 12.1 Å². The van der Waals surface area contributed by atoms with Crippen molar-refractivity contribution in [1.82, 2.24) is 20.2 Å². The lowest BCUT2D eigenvalue weighted by molar-refractivity contribution is -0.151. The van der Waals surface area contributed by atoms with Crippen LogP contribution in [0.25, 0.3) is 0 Å². The molecule has 2 rings (SSSR count). The number of carbonyl (C=O) groups excluding carboxylic acids is 4. The van der Waals surface area contributed by atoms with Crippen molar-refractivity contribution in [2.45, 2.75) is 79.1 Å². The lowest BCUT2D eigenvalue weighted by atomic mass is 9.86. The number of nitrogens with zero attached hydrogens (tertiary/aromatic N) is 2. The summed E-state index contributed by atoms with van der Waals surface area (Å²) >= 11 is 0. The number of carbonyl (C=O) groups is 4. The number of cyclic esters (lactones) is 1. The summed E-state index contributed by atoms with van der Waals surface area (Å²) in [6.45, 7) is 11.1. The van der Waals surface area contributed by atoms with Crippen LogP contribution in [-0.2, 0) is 28.6 Å². The first-order chi connectivity index (χ1) is 21.3. The van der Waals surface area contributed by atoms with Gasteiger partial charge in [0.15, 0.2) is 5.76 Å². The fourth-order valence-corrected chi connectivity index (χ4v) is 4.24. The number of rotatable bonds is 13. The number of ether oxygens (including phenoxy) is 3. The average molecular weight is 621 g/mol. The normalized spacial score (nSPS) is 17.6. The minimum atomic E-state index is -0.822. The Labute approximate surface area is 265 Å². The largest absolute Gasteiger partial charge is 0.490 e. The molecular formula is C34H44N4O7. The molecule has 0 bridgehead atoms. The van der Waals surface area contributed by atoms with Crippen LogP contribution < -0.4 is 10.6 Å². The summed E-state index contributed by atoms with van der Waals surface area (Å²) in [5, 5.41) is 5.48. The third kappa shape index (κ3) is 12.7. The molecule has 1 aliphatic heterocycles. The number of hydrogen-bond donors (Lipinski definition) is 2. The molecule has 1 unspecified atom stereocenters. The summed E-state index contributed by atoms with van der Waals surface area (Å²) in [5.74, 6) is 4.61. The van der Waals surface area contributed by atoms with Crippen LogP contribution in [0.2, 0.25) is 0 Å². The van der Waals surface area contributed by atoms with Crippen LogP contribution >= 0.6 is 0 Å². The van der Waals surface area contributed by atoms with E-state index in [0.29, 0.717) is 19.3 Å². The molecule has 1 aliphatic rings. The van der Waals surface area contributed by atoms with Crippen molar-refractivity contribution in [3.05, 3.63) is 78.8 Å². The summed E-state index contributed by atoms with van der Waals surface area (Å²) in [6, 6.07) is -0.822. The lowest BCUT2D eigenvalue weighted by Gasteiger charge is -2.29. The van der Waals surface area contributed by atoms with E-state index in [2.05, 4.69) is 27.5 Å². The molecule has 1 aromatic heterocycles. The van der Waals surface area contributed by atoms with Gasteiger partial charge in [-0.15, -0.1) is 5.92 Å². The molecular weight excluding hydrogens is 576 g/mol. The van der Waals surface area contributed by atoms with Gasteiger partial charge in [-0.2, -0.15) is 0 Å². The molecule has 11 nitrogen and oxygen atoms in total. The molecule has 0 saturated carbocycles. The van der Waals surface area contributed by atoms with E-state index in [0.717, 1.165) is 5.57 Å². The molecule has 0 saturated heterocycles. The Hall–Kier alpha value is -4.85. The first-order valence-corrected chi connectivity index (χ1v) is 14.7. The van der Waals surface area contributed by atoms with Gasteiger partial charge in [-0.3, -0.25) is 9.59 Å². The highest BCUT2D eigenvalue weighted by atomic mass is 16.6. The molecule has 0 aromatic carbocycles. The maximum atomic E-state index is 13.0. The number of methoxy groups -OCH3 is 1. The highest BCUT2D eigenvalue weighted by Gasteiger charge is 2.32. The van der Waals surface area contributed by atoms with Crippen LogP contribution in [0, 0.1) is 23.2 Å². The highest BCUT2D eigenvalue weighted by Crippen LogP contribution is 2.23. The van der Waals surface area contributed by atoms with Crippen LogP contribution in [-0.4, -0.2) is 58.8 Å². The third-order valence-corrected chi connectivity index (χ3v) is 6.69. The molecule has 0 aliphatic carbocycles. The summed E-state index contributed by atoms with van der Waals surface area (Å²) in [7, 11) is 1.44.